The summed E-state index contributed by atoms with van der Waals surface area (Å²) in [5, 5.41) is 0. The van der Waals surface area contributed by atoms with Gasteiger partial charge in [0, 0.05) is 0 Å². The van der Waals surface area contributed by atoms with Crippen molar-refractivity contribution in [1.29, 1.82) is 0 Å². The Morgan fingerprint density at radius 2 is 2.08 bits per heavy atom. The van der Waals surface area contributed by atoms with Crippen LogP contribution < -0.4 is 0 Å². The molecule has 0 spiro atoms. The Morgan fingerprint density at radius 3 is 2.77 bits per heavy atom. The third kappa shape index (κ3) is 2.05. The molecule has 2 fully saturated rings. The van der Waals surface area contributed by atoms with Gasteiger partial charge in [-0.15, -0.1) is 0 Å². The third-order valence-corrected chi connectivity index (χ3v) is 4.59. The van der Waals surface area contributed by atoms with E-state index in [0.717, 1.165) is 38.0 Å². The van der Waals surface area contributed by atoms with Gasteiger partial charge in [0.05, 0.1) is 5.75 Å². The fourth-order valence-electron chi connectivity index (χ4n) is 3.16. The Labute approximate surface area is 79.3 Å². The molecule has 2 rings (SSSR count). The lowest BCUT2D eigenvalue weighted by Crippen LogP contribution is -2.29. The molecule has 2 unspecified atom stereocenters. The molecule has 0 aliphatic heterocycles. The molecule has 0 heterocycles. The second-order valence-corrected chi connectivity index (χ2v) is 6.18. The number of fused-ring (bicyclic) bond motifs is 2. The van der Waals surface area contributed by atoms with Crippen LogP contribution in [0.2, 0.25) is 0 Å². The molecule has 2 saturated carbocycles. The summed E-state index contributed by atoms with van der Waals surface area (Å²) in [6.45, 7) is 0. The van der Waals surface area contributed by atoms with E-state index in [9.17, 15) is 8.42 Å². The Hall–Kier alpha value is -0.0900. The third-order valence-electron chi connectivity index (χ3n) is 3.61. The SMILES string of the molecule is O=S(=O)(O)CC12CCCC(CC1)C2. The largest absolute Gasteiger partial charge is 0.286 e. The van der Waals surface area contributed by atoms with Crippen molar-refractivity contribution >= 4 is 10.1 Å². The lowest BCUT2D eigenvalue weighted by Gasteiger charge is -2.31. The van der Waals surface area contributed by atoms with Gasteiger partial charge in [0.25, 0.3) is 10.1 Å². The van der Waals surface area contributed by atoms with Gasteiger partial charge in [-0.05, 0) is 37.0 Å². The molecule has 13 heavy (non-hydrogen) atoms. The summed E-state index contributed by atoms with van der Waals surface area (Å²) in [5.41, 5.74) is -0.0590. The molecule has 0 aromatic heterocycles. The quantitative estimate of drug-likeness (QED) is 0.698. The summed E-state index contributed by atoms with van der Waals surface area (Å²) in [7, 11) is -3.77. The van der Waals surface area contributed by atoms with Crippen molar-refractivity contribution in [1.82, 2.24) is 0 Å². The lowest BCUT2D eigenvalue weighted by atomic mass is 9.77. The van der Waals surface area contributed by atoms with E-state index >= 15 is 0 Å². The highest BCUT2D eigenvalue weighted by Crippen LogP contribution is 2.51. The predicted octanol–water partition coefficient (Wildman–Crippen LogP) is 1.84. The van der Waals surface area contributed by atoms with E-state index in [1.165, 1.54) is 6.42 Å². The van der Waals surface area contributed by atoms with Crippen LogP contribution in [0.5, 0.6) is 0 Å². The summed E-state index contributed by atoms with van der Waals surface area (Å²) in [4.78, 5) is 0. The summed E-state index contributed by atoms with van der Waals surface area (Å²) in [6.07, 6.45) is 6.57. The molecule has 2 aliphatic rings. The topological polar surface area (TPSA) is 54.4 Å². The minimum atomic E-state index is -3.77. The van der Waals surface area contributed by atoms with Crippen LogP contribution in [0.4, 0.5) is 0 Å². The number of rotatable bonds is 2. The zero-order chi connectivity index (χ0) is 9.53. The average Bonchev–Trinajstić information content (AvgIpc) is 2.23. The maximum absolute atomic E-state index is 10.8. The molecule has 0 aromatic carbocycles. The monoisotopic (exact) mass is 204 g/mol. The molecule has 0 aromatic rings. The Kier molecular flexibility index (Phi) is 2.15. The first-order valence-corrected chi connectivity index (χ1v) is 6.55. The summed E-state index contributed by atoms with van der Waals surface area (Å²) in [6, 6.07) is 0. The zero-order valence-corrected chi connectivity index (χ0v) is 8.52. The molecule has 0 saturated heterocycles. The first-order chi connectivity index (χ1) is 5.99. The van der Waals surface area contributed by atoms with Crippen molar-refractivity contribution in [3.8, 4) is 0 Å². The fourth-order valence-corrected chi connectivity index (χ4v) is 4.34. The summed E-state index contributed by atoms with van der Waals surface area (Å²) < 4.78 is 30.5. The van der Waals surface area contributed by atoms with Crippen LogP contribution in [-0.4, -0.2) is 18.7 Å². The molecule has 0 radical (unpaired) electrons. The minimum Gasteiger partial charge on any atom is -0.286 e. The van der Waals surface area contributed by atoms with Crippen LogP contribution >= 0.6 is 0 Å². The van der Waals surface area contributed by atoms with Gasteiger partial charge in [-0.1, -0.05) is 12.8 Å². The van der Waals surface area contributed by atoms with Gasteiger partial charge < -0.3 is 0 Å². The maximum Gasteiger partial charge on any atom is 0.265 e. The molecular formula is C9H16O3S. The lowest BCUT2D eigenvalue weighted by molar-refractivity contribution is 0.236. The smallest absolute Gasteiger partial charge is 0.265 e. The first-order valence-electron chi connectivity index (χ1n) is 4.94. The van der Waals surface area contributed by atoms with E-state index in [1.54, 1.807) is 0 Å². The standard InChI is InChI=1S/C9H16O3S/c10-13(11,12)7-9-4-1-2-8(6-9)3-5-9/h8H,1-7H2,(H,10,11,12). The van der Waals surface area contributed by atoms with Crippen LogP contribution in [-0.2, 0) is 10.1 Å². The first kappa shape index (κ1) is 9.46. The van der Waals surface area contributed by atoms with Gasteiger partial charge >= 0.3 is 0 Å². The molecule has 76 valence electrons. The van der Waals surface area contributed by atoms with Crippen molar-refractivity contribution in [3.05, 3.63) is 0 Å². The van der Waals surface area contributed by atoms with Gasteiger partial charge in [0.1, 0.15) is 0 Å². The highest BCUT2D eigenvalue weighted by Gasteiger charge is 2.44. The van der Waals surface area contributed by atoms with Crippen molar-refractivity contribution < 1.29 is 13.0 Å². The molecule has 2 bridgehead atoms. The minimum absolute atomic E-state index is 0.00347. The van der Waals surface area contributed by atoms with E-state index < -0.39 is 10.1 Å². The molecule has 3 nitrogen and oxygen atoms in total. The van der Waals surface area contributed by atoms with Gasteiger partial charge in [-0.3, -0.25) is 4.55 Å². The van der Waals surface area contributed by atoms with E-state index in [-0.39, 0.29) is 11.2 Å². The molecule has 0 amide bonds. The van der Waals surface area contributed by atoms with Crippen LogP contribution in [0, 0.1) is 11.3 Å². The Balaban J connectivity index is 2.12. The van der Waals surface area contributed by atoms with Crippen molar-refractivity contribution in [2.24, 2.45) is 11.3 Å². The van der Waals surface area contributed by atoms with E-state index in [2.05, 4.69) is 0 Å². The second kappa shape index (κ2) is 2.95. The zero-order valence-electron chi connectivity index (χ0n) is 7.70. The van der Waals surface area contributed by atoms with E-state index in [1.807, 2.05) is 0 Å². The van der Waals surface area contributed by atoms with Gasteiger partial charge in [-0.2, -0.15) is 8.42 Å². The van der Waals surface area contributed by atoms with Gasteiger partial charge in [-0.25, -0.2) is 0 Å². The highest BCUT2D eigenvalue weighted by molar-refractivity contribution is 7.85. The van der Waals surface area contributed by atoms with E-state index in [0.29, 0.717) is 0 Å². The van der Waals surface area contributed by atoms with Crippen molar-refractivity contribution in [2.45, 2.75) is 38.5 Å². The van der Waals surface area contributed by atoms with Gasteiger partial charge in [0.2, 0.25) is 0 Å². The maximum atomic E-state index is 10.8. The molecule has 1 N–H and O–H groups in total. The summed E-state index contributed by atoms with van der Waals surface area (Å²) >= 11 is 0. The van der Waals surface area contributed by atoms with Crippen LogP contribution in [0.3, 0.4) is 0 Å². The van der Waals surface area contributed by atoms with Gasteiger partial charge in [0.15, 0.2) is 0 Å². The van der Waals surface area contributed by atoms with Crippen LogP contribution in [0.25, 0.3) is 0 Å². The Bertz CT molecular complexity index is 292. The average molecular weight is 204 g/mol. The second-order valence-electron chi connectivity index (χ2n) is 4.73. The van der Waals surface area contributed by atoms with E-state index in [4.69, 9.17) is 4.55 Å². The fraction of sp³-hybridized carbons (Fsp3) is 1.00. The Morgan fingerprint density at radius 1 is 1.31 bits per heavy atom. The summed E-state index contributed by atoms with van der Waals surface area (Å²) in [5.74, 6) is 0.728. The molecule has 2 aliphatic carbocycles. The highest BCUT2D eigenvalue weighted by atomic mass is 32.2. The van der Waals surface area contributed by atoms with Crippen LogP contribution in [0.1, 0.15) is 38.5 Å². The normalized spacial score (nSPS) is 39.3. The molecule has 4 heteroatoms. The number of hydrogen-bond donors (Lipinski definition) is 1. The van der Waals surface area contributed by atoms with Crippen molar-refractivity contribution in [3.63, 3.8) is 0 Å². The molecule has 2 atom stereocenters. The predicted molar refractivity (Wildman–Crippen MR) is 50.0 cm³/mol. The van der Waals surface area contributed by atoms with Crippen LogP contribution in [0.15, 0.2) is 0 Å². The number of hydrogen-bond acceptors (Lipinski definition) is 2. The molecular weight excluding hydrogens is 188 g/mol. The van der Waals surface area contributed by atoms with Crippen molar-refractivity contribution in [2.75, 3.05) is 5.75 Å².